The van der Waals surface area contributed by atoms with Crippen molar-refractivity contribution in [3.05, 3.63) is 12.4 Å². The largest absolute Gasteiger partial charge is 0.391 e. The van der Waals surface area contributed by atoms with Gasteiger partial charge in [0, 0.05) is 25.2 Å². The van der Waals surface area contributed by atoms with Crippen molar-refractivity contribution >= 4 is 11.6 Å². The highest BCUT2D eigenvalue weighted by molar-refractivity contribution is 5.49. The van der Waals surface area contributed by atoms with Gasteiger partial charge in [0.15, 0.2) is 0 Å². The highest BCUT2D eigenvalue weighted by Gasteiger charge is 2.22. The summed E-state index contributed by atoms with van der Waals surface area (Å²) in [6, 6.07) is 2.57. The molecule has 92 valence electrons. The minimum Gasteiger partial charge on any atom is -0.391 e. The fourth-order valence-corrected chi connectivity index (χ4v) is 2.31. The Bertz CT molecular complexity index is 394. The summed E-state index contributed by atoms with van der Waals surface area (Å²) in [6.45, 7) is 1.56. The van der Waals surface area contributed by atoms with Gasteiger partial charge in [-0.25, -0.2) is 9.97 Å². The van der Waals surface area contributed by atoms with Gasteiger partial charge in [-0.15, -0.1) is 0 Å². The van der Waals surface area contributed by atoms with E-state index in [1.807, 2.05) is 6.07 Å². The minimum atomic E-state index is -0.215. The second-order valence-electron chi connectivity index (χ2n) is 4.92. The van der Waals surface area contributed by atoms with Crippen molar-refractivity contribution in [2.75, 3.05) is 23.3 Å². The first-order valence-electron chi connectivity index (χ1n) is 6.33. The monoisotopic (exact) mass is 234 g/mol. The van der Waals surface area contributed by atoms with Crippen LogP contribution in [0.2, 0.25) is 0 Å². The number of aliphatic hydroxyl groups excluding tert-OH is 1. The quantitative estimate of drug-likeness (QED) is 0.817. The van der Waals surface area contributed by atoms with Crippen LogP contribution < -0.4 is 10.2 Å². The molecule has 1 saturated heterocycles. The van der Waals surface area contributed by atoms with E-state index in [9.17, 15) is 5.11 Å². The van der Waals surface area contributed by atoms with Crippen LogP contribution in [0.3, 0.4) is 0 Å². The van der Waals surface area contributed by atoms with Crippen LogP contribution in [0.25, 0.3) is 0 Å². The number of nitrogens with one attached hydrogen (secondary N) is 1. The predicted molar refractivity (Wildman–Crippen MR) is 66.1 cm³/mol. The summed E-state index contributed by atoms with van der Waals surface area (Å²) in [7, 11) is 0. The molecular weight excluding hydrogens is 216 g/mol. The topological polar surface area (TPSA) is 61.3 Å². The van der Waals surface area contributed by atoms with Gasteiger partial charge in [-0.1, -0.05) is 0 Å². The Morgan fingerprint density at radius 1 is 1.29 bits per heavy atom. The van der Waals surface area contributed by atoms with E-state index in [1.54, 1.807) is 6.33 Å². The molecule has 0 radical (unpaired) electrons. The van der Waals surface area contributed by atoms with E-state index < -0.39 is 0 Å². The molecule has 0 spiro atoms. The van der Waals surface area contributed by atoms with Crippen LogP contribution in [-0.4, -0.2) is 40.3 Å². The summed E-state index contributed by atoms with van der Waals surface area (Å²) in [6.07, 6.45) is 6.00. The van der Waals surface area contributed by atoms with E-state index >= 15 is 0 Å². The van der Waals surface area contributed by atoms with Crippen LogP contribution in [-0.2, 0) is 0 Å². The number of hydrogen-bond donors (Lipinski definition) is 2. The van der Waals surface area contributed by atoms with Gasteiger partial charge >= 0.3 is 0 Å². The zero-order valence-corrected chi connectivity index (χ0v) is 9.84. The number of β-amino-alcohol motifs (C(OH)–C–C–N with tert-alkyl or cyclic N) is 1. The van der Waals surface area contributed by atoms with Crippen molar-refractivity contribution in [2.45, 2.75) is 37.8 Å². The SMILES string of the molecule is OC1CCN(c2cc(NC3CCC3)ncn2)C1. The number of hydrogen-bond acceptors (Lipinski definition) is 5. The second-order valence-corrected chi connectivity index (χ2v) is 4.92. The molecule has 17 heavy (non-hydrogen) atoms. The lowest BCUT2D eigenvalue weighted by atomic mass is 9.93. The standard InChI is InChI=1S/C12H18N4O/c17-10-4-5-16(7-10)12-6-11(13-8-14-12)15-9-2-1-3-9/h6,8-10,17H,1-5,7H2,(H,13,14,15). The molecular formula is C12H18N4O. The molecule has 5 heteroatoms. The molecule has 1 aliphatic carbocycles. The number of nitrogens with zero attached hydrogens (tertiary/aromatic N) is 3. The Balaban J connectivity index is 1.69. The van der Waals surface area contributed by atoms with E-state index in [4.69, 9.17) is 0 Å². The third kappa shape index (κ3) is 2.34. The summed E-state index contributed by atoms with van der Waals surface area (Å²) in [5, 5.41) is 12.9. The van der Waals surface area contributed by atoms with Crippen LogP contribution in [0.1, 0.15) is 25.7 Å². The molecule has 2 fully saturated rings. The van der Waals surface area contributed by atoms with Gasteiger partial charge in [0.1, 0.15) is 18.0 Å². The minimum absolute atomic E-state index is 0.215. The van der Waals surface area contributed by atoms with Gasteiger partial charge < -0.3 is 15.3 Å². The number of aromatic nitrogens is 2. The molecule has 1 aromatic heterocycles. The average molecular weight is 234 g/mol. The third-order valence-corrected chi connectivity index (χ3v) is 3.60. The molecule has 1 saturated carbocycles. The van der Waals surface area contributed by atoms with E-state index in [0.717, 1.165) is 24.6 Å². The Morgan fingerprint density at radius 3 is 2.82 bits per heavy atom. The van der Waals surface area contributed by atoms with Crippen molar-refractivity contribution in [3.8, 4) is 0 Å². The normalized spacial score (nSPS) is 24.8. The fourth-order valence-electron chi connectivity index (χ4n) is 2.31. The zero-order chi connectivity index (χ0) is 11.7. The van der Waals surface area contributed by atoms with E-state index in [-0.39, 0.29) is 6.10 Å². The van der Waals surface area contributed by atoms with Gasteiger partial charge in [0.25, 0.3) is 0 Å². The van der Waals surface area contributed by atoms with Crippen molar-refractivity contribution < 1.29 is 5.11 Å². The summed E-state index contributed by atoms with van der Waals surface area (Å²) in [5.41, 5.74) is 0. The van der Waals surface area contributed by atoms with Crippen molar-refractivity contribution in [3.63, 3.8) is 0 Å². The first-order chi connectivity index (χ1) is 8.31. The van der Waals surface area contributed by atoms with Crippen LogP contribution in [0.4, 0.5) is 11.6 Å². The molecule has 1 unspecified atom stereocenters. The molecule has 1 atom stereocenters. The number of rotatable bonds is 3. The molecule has 5 nitrogen and oxygen atoms in total. The molecule has 2 heterocycles. The first kappa shape index (κ1) is 10.8. The maximum Gasteiger partial charge on any atom is 0.134 e. The van der Waals surface area contributed by atoms with E-state index in [0.29, 0.717) is 12.6 Å². The van der Waals surface area contributed by atoms with Crippen LogP contribution in [0, 0.1) is 0 Å². The molecule has 0 amide bonds. The average Bonchev–Trinajstić information content (AvgIpc) is 2.71. The van der Waals surface area contributed by atoms with Gasteiger partial charge in [-0.3, -0.25) is 0 Å². The Hall–Kier alpha value is -1.36. The molecule has 0 bridgehead atoms. The molecule has 1 aromatic rings. The Morgan fingerprint density at radius 2 is 2.18 bits per heavy atom. The second kappa shape index (κ2) is 4.49. The summed E-state index contributed by atoms with van der Waals surface area (Å²) in [5.74, 6) is 1.82. The molecule has 2 aliphatic rings. The van der Waals surface area contributed by atoms with Crippen LogP contribution in [0.15, 0.2) is 12.4 Å². The highest BCUT2D eigenvalue weighted by Crippen LogP contribution is 2.24. The summed E-state index contributed by atoms with van der Waals surface area (Å²) in [4.78, 5) is 10.6. The zero-order valence-electron chi connectivity index (χ0n) is 9.84. The van der Waals surface area contributed by atoms with Crippen LogP contribution in [0.5, 0.6) is 0 Å². The lowest BCUT2D eigenvalue weighted by molar-refractivity contribution is 0.198. The van der Waals surface area contributed by atoms with E-state index in [2.05, 4.69) is 20.2 Å². The summed E-state index contributed by atoms with van der Waals surface area (Å²) >= 11 is 0. The smallest absolute Gasteiger partial charge is 0.134 e. The highest BCUT2D eigenvalue weighted by atomic mass is 16.3. The number of anilines is 2. The molecule has 0 aromatic carbocycles. The molecule has 3 rings (SSSR count). The van der Waals surface area contributed by atoms with Crippen molar-refractivity contribution in [2.24, 2.45) is 0 Å². The Labute approximate surface area is 101 Å². The van der Waals surface area contributed by atoms with Gasteiger partial charge in [0.2, 0.25) is 0 Å². The van der Waals surface area contributed by atoms with E-state index in [1.165, 1.54) is 19.3 Å². The predicted octanol–water partition coefficient (Wildman–Crippen LogP) is 1.01. The lowest BCUT2D eigenvalue weighted by Gasteiger charge is -2.27. The van der Waals surface area contributed by atoms with Crippen molar-refractivity contribution in [1.29, 1.82) is 0 Å². The molecule has 1 aliphatic heterocycles. The maximum atomic E-state index is 9.52. The van der Waals surface area contributed by atoms with Crippen molar-refractivity contribution in [1.82, 2.24) is 9.97 Å². The lowest BCUT2D eigenvalue weighted by Crippen LogP contribution is -2.28. The summed E-state index contributed by atoms with van der Waals surface area (Å²) < 4.78 is 0. The molecule has 2 N–H and O–H groups in total. The van der Waals surface area contributed by atoms with Gasteiger partial charge in [0.05, 0.1) is 6.10 Å². The first-order valence-corrected chi connectivity index (χ1v) is 6.33. The van der Waals surface area contributed by atoms with Gasteiger partial charge in [-0.05, 0) is 25.7 Å². The Kier molecular flexibility index (Phi) is 2.84. The van der Waals surface area contributed by atoms with Crippen LogP contribution >= 0.6 is 0 Å². The maximum absolute atomic E-state index is 9.52. The third-order valence-electron chi connectivity index (χ3n) is 3.60. The fraction of sp³-hybridized carbons (Fsp3) is 0.667. The number of aliphatic hydroxyl groups is 1. The van der Waals surface area contributed by atoms with Gasteiger partial charge in [-0.2, -0.15) is 0 Å².